The van der Waals surface area contributed by atoms with Gasteiger partial charge in [0.05, 0.1) is 5.54 Å². The molecule has 19 heavy (non-hydrogen) atoms. The number of nitrogens with one attached hydrogen (secondary N) is 2. The van der Waals surface area contributed by atoms with Gasteiger partial charge in [0.1, 0.15) is 0 Å². The predicted molar refractivity (Wildman–Crippen MR) is 81.6 cm³/mol. The molecule has 2 aliphatic rings. The number of thioether (sulfide) groups is 1. The van der Waals surface area contributed by atoms with E-state index in [9.17, 15) is 4.79 Å². The van der Waals surface area contributed by atoms with Crippen molar-refractivity contribution in [1.29, 1.82) is 0 Å². The summed E-state index contributed by atoms with van der Waals surface area (Å²) in [5, 5.41) is 6.51. The molecule has 0 saturated carbocycles. The van der Waals surface area contributed by atoms with Crippen molar-refractivity contribution in [3.05, 3.63) is 0 Å². The molecule has 5 heteroatoms. The Bertz CT molecular complexity index is 297. The standard InChI is InChI=1S/C14H27N3OS/c1-14(2,17-7-5-15-6-8-17)13(18)16-11-12-3-9-19-10-4-12/h12,15H,3-11H2,1-2H3,(H,16,18). The molecule has 0 spiro atoms. The van der Waals surface area contributed by atoms with Crippen molar-refractivity contribution in [3.8, 4) is 0 Å². The molecule has 2 aliphatic heterocycles. The van der Waals surface area contributed by atoms with E-state index in [4.69, 9.17) is 0 Å². The Morgan fingerprint density at radius 2 is 1.95 bits per heavy atom. The highest BCUT2D eigenvalue weighted by Crippen LogP contribution is 2.22. The quantitative estimate of drug-likeness (QED) is 0.806. The van der Waals surface area contributed by atoms with Crippen LogP contribution in [0.5, 0.6) is 0 Å². The molecule has 2 fully saturated rings. The largest absolute Gasteiger partial charge is 0.354 e. The summed E-state index contributed by atoms with van der Waals surface area (Å²) in [6.07, 6.45) is 2.50. The van der Waals surface area contributed by atoms with Gasteiger partial charge in [-0.1, -0.05) is 0 Å². The van der Waals surface area contributed by atoms with Crippen LogP contribution in [0.4, 0.5) is 0 Å². The molecular weight excluding hydrogens is 258 g/mol. The molecule has 0 aromatic carbocycles. The van der Waals surface area contributed by atoms with Gasteiger partial charge in [-0.3, -0.25) is 9.69 Å². The van der Waals surface area contributed by atoms with Gasteiger partial charge in [0.15, 0.2) is 0 Å². The Hall–Kier alpha value is -0.260. The first-order chi connectivity index (χ1) is 9.10. The molecule has 0 aromatic heterocycles. The van der Waals surface area contributed by atoms with Crippen molar-refractivity contribution in [2.24, 2.45) is 5.92 Å². The first-order valence-electron chi connectivity index (χ1n) is 7.42. The fourth-order valence-corrected chi connectivity index (χ4v) is 3.98. The molecule has 2 rings (SSSR count). The van der Waals surface area contributed by atoms with E-state index in [1.807, 2.05) is 25.6 Å². The van der Waals surface area contributed by atoms with Crippen LogP contribution in [0.15, 0.2) is 0 Å². The highest BCUT2D eigenvalue weighted by atomic mass is 32.2. The lowest BCUT2D eigenvalue weighted by Crippen LogP contribution is -2.60. The second kappa shape index (κ2) is 6.95. The third-order valence-electron chi connectivity index (χ3n) is 4.36. The minimum atomic E-state index is -0.383. The molecule has 0 aliphatic carbocycles. The molecule has 0 atom stereocenters. The number of hydrogen-bond acceptors (Lipinski definition) is 4. The smallest absolute Gasteiger partial charge is 0.239 e. The maximum Gasteiger partial charge on any atom is 0.239 e. The third kappa shape index (κ3) is 4.10. The van der Waals surface area contributed by atoms with E-state index in [0.29, 0.717) is 5.92 Å². The van der Waals surface area contributed by atoms with Gasteiger partial charge in [0.25, 0.3) is 0 Å². The van der Waals surface area contributed by atoms with Crippen LogP contribution < -0.4 is 10.6 Å². The van der Waals surface area contributed by atoms with Gasteiger partial charge >= 0.3 is 0 Å². The van der Waals surface area contributed by atoms with Crippen LogP contribution in [0.25, 0.3) is 0 Å². The highest BCUT2D eigenvalue weighted by molar-refractivity contribution is 7.99. The third-order valence-corrected chi connectivity index (χ3v) is 5.40. The lowest BCUT2D eigenvalue weighted by molar-refractivity contribution is -0.132. The van der Waals surface area contributed by atoms with Crippen molar-refractivity contribution in [2.75, 3.05) is 44.2 Å². The SMILES string of the molecule is CC(C)(C(=O)NCC1CCSCC1)N1CCNCC1. The molecule has 4 nitrogen and oxygen atoms in total. The Morgan fingerprint density at radius 1 is 1.32 bits per heavy atom. The molecule has 0 aromatic rings. The lowest BCUT2D eigenvalue weighted by atomic mass is 9.98. The monoisotopic (exact) mass is 285 g/mol. The van der Waals surface area contributed by atoms with Gasteiger partial charge in [-0.05, 0) is 44.1 Å². The predicted octanol–water partition coefficient (Wildman–Crippen LogP) is 0.930. The van der Waals surface area contributed by atoms with Gasteiger partial charge in [0.2, 0.25) is 5.91 Å². The van der Waals surface area contributed by atoms with Gasteiger partial charge in [-0.2, -0.15) is 11.8 Å². The molecule has 0 bridgehead atoms. The summed E-state index contributed by atoms with van der Waals surface area (Å²) in [5.41, 5.74) is -0.383. The second-order valence-electron chi connectivity index (χ2n) is 6.06. The minimum Gasteiger partial charge on any atom is -0.354 e. The van der Waals surface area contributed by atoms with Crippen molar-refractivity contribution in [3.63, 3.8) is 0 Å². The van der Waals surface area contributed by atoms with Crippen LogP contribution in [-0.4, -0.2) is 60.6 Å². The Balaban J connectivity index is 1.79. The number of hydrogen-bond donors (Lipinski definition) is 2. The second-order valence-corrected chi connectivity index (χ2v) is 7.29. The number of carbonyl (C=O) groups excluding carboxylic acids is 1. The van der Waals surface area contributed by atoms with Crippen LogP contribution in [-0.2, 0) is 4.79 Å². The van der Waals surface area contributed by atoms with Gasteiger partial charge in [-0.25, -0.2) is 0 Å². The topological polar surface area (TPSA) is 44.4 Å². The zero-order chi connectivity index (χ0) is 13.7. The molecule has 0 radical (unpaired) electrons. The zero-order valence-corrected chi connectivity index (χ0v) is 13.0. The summed E-state index contributed by atoms with van der Waals surface area (Å²) in [6.45, 7) is 8.83. The fraction of sp³-hybridized carbons (Fsp3) is 0.929. The average molecular weight is 285 g/mol. The molecular formula is C14H27N3OS. The van der Waals surface area contributed by atoms with Crippen molar-refractivity contribution in [1.82, 2.24) is 15.5 Å². The van der Waals surface area contributed by atoms with E-state index in [-0.39, 0.29) is 11.4 Å². The van der Waals surface area contributed by atoms with E-state index in [1.165, 1.54) is 24.3 Å². The molecule has 110 valence electrons. The maximum absolute atomic E-state index is 12.4. The van der Waals surface area contributed by atoms with Crippen LogP contribution in [0.2, 0.25) is 0 Å². The van der Waals surface area contributed by atoms with Gasteiger partial charge in [0, 0.05) is 32.7 Å². The van der Waals surface area contributed by atoms with Crippen LogP contribution in [0.3, 0.4) is 0 Å². The highest BCUT2D eigenvalue weighted by Gasteiger charge is 2.35. The summed E-state index contributed by atoms with van der Waals surface area (Å²) in [5.74, 6) is 3.38. The Morgan fingerprint density at radius 3 is 2.58 bits per heavy atom. The summed E-state index contributed by atoms with van der Waals surface area (Å²) in [7, 11) is 0. The Kier molecular flexibility index (Phi) is 5.54. The van der Waals surface area contributed by atoms with Crippen LogP contribution in [0.1, 0.15) is 26.7 Å². The van der Waals surface area contributed by atoms with E-state index < -0.39 is 0 Å². The van der Waals surface area contributed by atoms with E-state index >= 15 is 0 Å². The first kappa shape index (κ1) is 15.1. The first-order valence-corrected chi connectivity index (χ1v) is 8.58. The molecule has 0 unspecified atom stereocenters. The minimum absolute atomic E-state index is 0.188. The number of piperazine rings is 1. The number of carbonyl (C=O) groups is 1. The van der Waals surface area contributed by atoms with Gasteiger partial charge < -0.3 is 10.6 Å². The van der Waals surface area contributed by atoms with Crippen molar-refractivity contribution < 1.29 is 4.79 Å². The van der Waals surface area contributed by atoms with Crippen LogP contribution >= 0.6 is 11.8 Å². The van der Waals surface area contributed by atoms with Crippen molar-refractivity contribution >= 4 is 17.7 Å². The van der Waals surface area contributed by atoms with Crippen molar-refractivity contribution in [2.45, 2.75) is 32.2 Å². The number of rotatable bonds is 4. The normalized spacial score (nSPS) is 23.3. The fourth-order valence-electron chi connectivity index (χ4n) is 2.77. The van der Waals surface area contributed by atoms with E-state index in [2.05, 4.69) is 15.5 Å². The molecule has 2 heterocycles. The number of nitrogens with zero attached hydrogens (tertiary/aromatic N) is 1. The zero-order valence-electron chi connectivity index (χ0n) is 12.2. The lowest BCUT2D eigenvalue weighted by Gasteiger charge is -2.40. The van der Waals surface area contributed by atoms with E-state index in [0.717, 1.165) is 32.7 Å². The summed E-state index contributed by atoms with van der Waals surface area (Å²) >= 11 is 2.03. The summed E-state index contributed by atoms with van der Waals surface area (Å²) in [6, 6.07) is 0. The number of amides is 1. The van der Waals surface area contributed by atoms with E-state index in [1.54, 1.807) is 0 Å². The maximum atomic E-state index is 12.4. The Labute approximate surface area is 121 Å². The van der Waals surface area contributed by atoms with Gasteiger partial charge in [-0.15, -0.1) is 0 Å². The van der Waals surface area contributed by atoms with Crippen LogP contribution in [0, 0.1) is 5.92 Å². The average Bonchev–Trinajstić information content (AvgIpc) is 2.46. The molecule has 2 saturated heterocycles. The summed E-state index contributed by atoms with van der Waals surface area (Å²) < 4.78 is 0. The molecule has 1 amide bonds. The molecule has 2 N–H and O–H groups in total. The summed E-state index contributed by atoms with van der Waals surface area (Å²) in [4.78, 5) is 14.7.